The van der Waals surface area contributed by atoms with Gasteiger partial charge in [-0.2, -0.15) is 13.2 Å². The predicted octanol–water partition coefficient (Wildman–Crippen LogP) is 3.92. The van der Waals surface area contributed by atoms with Crippen LogP contribution < -0.4 is 10.5 Å². The van der Waals surface area contributed by atoms with Gasteiger partial charge in [0.2, 0.25) is 0 Å². The van der Waals surface area contributed by atoms with Crippen LogP contribution in [0.2, 0.25) is 5.02 Å². The van der Waals surface area contributed by atoms with Crippen LogP contribution in [0.1, 0.15) is 11.3 Å². The third-order valence-corrected chi connectivity index (χ3v) is 2.83. The molecule has 0 aliphatic carbocycles. The molecular weight excluding hydrogens is 293 g/mol. The molecule has 0 radical (unpaired) electrons. The van der Waals surface area contributed by atoms with Gasteiger partial charge in [-0.25, -0.2) is 0 Å². The summed E-state index contributed by atoms with van der Waals surface area (Å²) in [7, 11) is 0. The standard InChI is InChI=1S/C13H10ClF3N2O/c14-11-5-8(13(15,16)17)6-19-12(11)7-20-10-3-1-9(18)2-4-10/h1-6H,7,18H2. The van der Waals surface area contributed by atoms with Gasteiger partial charge in [-0.1, -0.05) is 11.6 Å². The molecule has 0 aliphatic rings. The molecule has 0 fully saturated rings. The van der Waals surface area contributed by atoms with E-state index in [2.05, 4.69) is 4.98 Å². The summed E-state index contributed by atoms with van der Waals surface area (Å²) in [6, 6.07) is 7.42. The first-order chi connectivity index (χ1) is 9.36. The average molecular weight is 303 g/mol. The van der Waals surface area contributed by atoms with Gasteiger partial charge < -0.3 is 10.5 Å². The van der Waals surface area contributed by atoms with Crippen LogP contribution in [-0.2, 0) is 12.8 Å². The van der Waals surface area contributed by atoms with Crippen LogP contribution in [0.5, 0.6) is 5.75 Å². The molecule has 0 amide bonds. The van der Waals surface area contributed by atoms with Crippen molar-refractivity contribution in [1.82, 2.24) is 4.98 Å². The first-order valence-corrected chi connectivity index (χ1v) is 5.94. The number of alkyl halides is 3. The third kappa shape index (κ3) is 3.54. The molecule has 0 atom stereocenters. The number of halogens is 4. The molecule has 0 saturated carbocycles. The average Bonchev–Trinajstić information content (AvgIpc) is 2.38. The van der Waals surface area contributed by atoms with Crippen molar-refractivity contribution in [3.05, 3.63) is 52.8 Å². The Balaban J connectivity index is 2.08. The lowest BCUT2D eigenvalue weighted by Crippen LogP contribution is -2.07. The summed E-state index contributed by atoms with van der Waals surface area (Å²) in [5, 5.41) is -0.0877. The van der Waals surface area contributed by atoms with Gasteiger partial charge in [0.1, 0.15) is 12.4 Å². The van der Waals surface area contributed by atoms with E-state index in [9.17, 15) is 13.2 Å². The van der Waals surface area contributed by atoms with Crippen LogP contribution in [-0.4, -0.2) is 4.98 Å². The summed E-state index contributed by atoms with van der Waals surface area (Å²) in [6.45, 7) is -0.0269. The van der Waals surface area contributed by atoms with E-state index in [0.717, 1.165) is 12.3 Å². The van der Waals surface area contributed by atoms with Gasteiger partial charge in [0.25, 0.3) is 0 Å². The van der Waals surface area contributed by atoms with Crippen LogP contribution in [0.3, 0.4) is 0 Å². The Morgan fingerprint density at radius 2 is 1.85 bits per heavy atom. The molecular formula is C13H10ClF3N2O. The second kappa shape index (κ2) is 5.58. The van der Waals surface area contributed by atoms with E-state index in [4.69, 9.17) is 22.1 Å². The van der Waals surface area contributed by atoms with Gasteiger partial charge in [0.15, 0.2) is 0 Å². The smallest absolute Gasteiger partial charge is 0.417 e. The summed E-state index contributed by atoms with van der Waals surface area (Å²) in [4.78, 5) is 3.68. The number of aromatic nitrogens is 1. The van der Waals surface area contributed by atoms with E-state index in [1.165, 1.54) is 0 Å². The van der Waals surface area contributed by atoms with Crippen molar-refractivity contribution in [2.24, 2.45) is 0 Å². The van der Waals surface area contributed by atoms with Gasteiger partial charge in [-0.3, -0.25) is 4.98 Å². The Kier molecular flexibility index (Phi) is 4.04. The zero-order valence-corrected chi connectivity index (χ0v) is 10.9. The second-order valence-electron chi connectivity index (χ2n) is 4.01. The summed E-state index contributed by atoms with van der Waals surface area (Å²) in [5.74, 6) is 0.525. The summed E-state index contributed by atoms with van der Waals surface area (Å²) >= 11 is 5.76. The summed E-state index contributed by atoms with van der Waals surface area (Å²) < 4.78 is 42.7. The van der Waals surface area contributed by atoms with E-state index in [1.807, 2.05) is 0 Å². The minimum atomic E-state index is -4.47. The normalized spacial score (nSPS) is 11.4. The lowest BCUT2D eigenvalue weighted by Gasteiger charge is -2.10. The highest BCUT2D eigenvalue weighted by Gasteiger charge is 2.31. The van der Waals surface area contributed by atoms with E-state index >= 15 is 0 Å². The fourth-order valence-electron chi connectivity index (χ4n) is 1.44. The molecule has 0 saturated heterocycles. The zero-order chi connectivity index (χ0) is 14.8. The molecule has 2 N–H and O–H groups in total. The molecule has 2 aromatic rings. The molecule has 20 heavy (non-hydrogen) atoms. The number of anilines is 1. The van der Waals surface area contributed by atoms with Crippen molar-refractivity contribution in [2.75, 3.05) is 5.73 Å². The monoisotopic (exact) mass is 302 g/mol. The van der Waals surface area contributed by atoms with Crippen LogP contribution in [0.15, 0.2) is 36.5 Å². The first-order valence-electron chi connectivity index (χ1n) is 5.56. The lowest BCUT2D eigenvalue weighted by atomic mass is 10.2. The summed E-state index contributed by atoms with van der Waals surface area (Å²) in [6.07, 6.45) is -3.74. The molecule has 3 nitrogen and oxygen atoms in total. The number of hydrogen-bond acceptors (Lipinski definition) is 3. The Labute approximate surface area is 118 Å². The van der Waals surface area contributed by atoms with E-state index in [0.29, 0.717) is 11.4 Å². The largest absolute Gasteiger partial charge is 0.487 e. The maximum Gasteiger partial charge on any atom is 0.417 e. The van der Waals surface area contributed by atoms with E-state index in [1.54, 1.807) is 24.3 Å². The SMILES string of the molecule is Nc1ccc(OCc2ncc(C(F)(F)F)cc2Cl)cc1. The molecule has 1 heterocycles. The Hall–Kier alpha value is -1.95. The van der Waals surface area contributed by atoms with Crippen molar-refractivity contribution >= 4 is 17.3 Å². The molecule has 106 valence electrons. The Morgan fingerprint density at radius 1 is 1.20 bits per heavy atom. The molecule has 2 rings (SSSR count). The van der Waals surface area contributed by atoms with Crippen LogP contribution in [0.4, 0.5) is 18.9 Å². The number of rotatable bonds is 3. The number of nitrogen functional groups attached to an aromatic ring is 1. The van der Waals surface area contributed by atoms with Crippen molar-refractivity contribution in [2.45, 2.75) is 12.8 Å². The van der Waals surface area contributed by atoms with Gasteiger partial charge in [-0.15, -0.1) is 0 Å². The number of ether oxygens (including phenoxy) is 1. The zero-order valence-electron chi connectivity index (χ0n) is 10.1. The van der Waals surface area contributed by atoms with Gasteiger partial charge in [0.05, 0.1) is 16.3 Å². The maximum atomic E-state index is 12.4. The molecule has 7 heteroatoms. The second-order valence-corrected chi connectivity index (χ2v) is 4.42. The fourth-order valence-corrected chi connectivity index (χ4v) is 1.66. The number of nitrogens with two attached hydrogens (primary N) is 1. The molecule has 1 aromatic carbocycles. The summed E-state index contributed by atoms with van der Waals surface area (Å²) in [5.41, 5.74) is 5.45. The van der Waals surface area contributed by atoms with Crippen LogP contribution in [0.25, 0.3) is 0 Å². The highest BCUT2D eigenvalue weighted by atomic mass is 35.5. The molecule has 0 spiro atoms. The highest BCUT2D eigenvalue weighted by Crippen LogP contribution is 2.31. The van der Waals surface area contributed by atoms with Crippen molar-refractivity contribution < 1.29 is 17.9 Å². The Morgan fingerprint density at radius 3 is 2.40 bits per heavy atom. The van der Waals surface area contributed by atoms with E-state index < -0.39 is 11.7 Å². The Bertz CT molecular complexity index is 600. The number of pyridine rings is 1. The van der Waals surface area contributed by atoms with Crippen molar-refractivity contribution in [3.63, 3.8) is 0 Å². The number of benzene rings is 1. The topological polar surface area (TPSA) is 48.1 Å². The van der Waals surface area contributed by atoms with Gasteiger partial charge >= 0.3 is 6.18 Å². The first kappa shape index (κ1) is 14.5. The predicted molar refractivity (Wildman–Crippen MR) is 69.4 cm³/mol. The molecule has 0 unspecified atom stereocenters. The maximum absolute atomic E-state index is 12.4. The lowest BCUT2D eigenvalue weighted by molar-refractivity contribution is -0.137. The molecule has 0 aliphatic heterocycles. The quantitative estimate of drug-likeness (QED) is 0.874. The minimum Gasteiger partial charge on any atom is -0.487 e. The van der Waals surface area contributed by atoms with Gasteiger partial charge in [-0.05, 0) is 30.3 Å². The van der Waals surface area contributed by atoms with Gasteiger partial charge in [0, 0.05) is 11.9 Å². The highest BCUT2D eigenvalue weighted by molar-refractivity contribution is 6.31. The number of hydrogen-bond donors (Lipinski definition) is 1. The van der Waals surface area contributed by atoms with Crippen molar-refractivity contribution in [1.29, 1.82) is 0 Å². The molecule has 1 aromatic heterocycles. The van der Waals surface area contributed by atoms with Crippen molar-refractivity contribution in [3.8, 4) is 5.75 Å². The van der Waals surface area contributed by atoms with Crippen LogP contribution in [0, 0.1) is 0 Å². The third-order valence-electron chi connectivity index (χ3n) is 2.50. The minimum absolute atomic E-state index is 0.0269. The van der Waals surface area contributed by atoms with E-state index in [-0.39, 0.29) is 17.3 Å². The van der Waals surface area contributed by atoms with Crippen LogP contribution >= 0.6 is 11.6 Å². The molecule has 0 bridgehead atoms. The number of nitrogens with zero attached hydrogens (tertiary/aromatic N) is 1. The fraction of sp³-hybridized carbons (Fsp3) is 0.154.